The molecule has 0 amide bonds. The maximum Gasteiger partial charge on any atom is 0.338 e. The van der Waals surface area contributed by atoms with Crippen molar-refractivity contribution < 1.29 is 9.53 Å². The first kappa shape index (κ1) is 25.3. The molecule has 9 heteroatoms. The highest BCUT2D eigenvalue weighted by Crippen LogP contribution is 2.27. The maximum absolute atomic E-state index is 11.8. The van der Waals surface area contributed by atoms with Crippen LogP contribution in [0.2, 0.25) is 0 Å². The molecule has 2 aliphatic heterocycles. The molecule has 5 rings (SSSR count). The van der Waals surface area contributed by atoms with Gasteiger partial charge in [0.15, 0.2) is 5.82 Å². The molecule has 3 aromatic rings. The van der Waals surface area contributed by atoms with Gasteiger partial charge in [0.1, 0.15) is 12.9 Å². The first-order chi connectivity index (χ1) is 17.5. The van der Waals surface area contributed by atoms with E-state index in [1.807, 2.05) is 50.4 Å². The lowest BCUT2D eigenvalue weighted by molar-refractivity contribution is 0.0535. The Kier molecular flexibility index (Phi) is 7.92. The van der Waals surface area contributed by atoms with Gasteiger partial charge >= 0.3 is 5.97 Å². The predicted octanol–water partition coefficient (Wildman–Crippen LogP) is 3.33. The molecule has 0 radical (unpaired) electrons. The van der Waals surface area contributed by atoms with Crippen molar-refractivity contribution in [1.82, 2.24) is 14.9 Å². The van der Waals surface area contributed by atoms with Gasteiger partial charge in [0.2, 0.25) is 0 Å². The summed E-state index contributed by atoms with van der Waals surface area (Å²) in [5.41, 5.74) is 8.16. The fourth-order valence-corrected chi connectivity index (χ4v) is 4.57. The van der Waals surface area contributed by atoms with Crippen molar-refractivity contribution in [3.63, 3.8) is 0 Å². The van der Waals surface area contributed by atoms with Gasteiger partial charge in [0.25, 0.3) is 0 Å². The monoisotopic (exact) mass is 487 g/mol. The lowest BCUT2D eigenvalue weighted by Crippen LogP contribution is -2.33. The Bertz CT molecular complexity index is 1260. The van der Waals surface area contributed by atoms with Gasteiger partial charge in [-0.1, -0.05) is 19.9 Å². The molecule has 188 valence electrons. The quantitative estimate of drug-likeness (QED) is 0.178. The van der Waals surface area contributed by atoms with Crippen LogP contribution in [0, 0.1) is 6.92 Å². The van der Waals surface area contributed by atoms with E-state index in [1.165, 1.54) is 28.0 Å². The number of nitrogens with zero attached hydrogens (tertiary/aromatic N) is 5. The second-order valence-corrected chi connectivity index (χ2v) is 8.61. The second-order valence-electron chi connectivity index (χ2n) is 8.61. The smallest absolute Gasteiger partial charge is 0.338 e. The number of fused-ring (bicyclic) bond motifs is 2. The Morgan fingerprint density at radius 1 is 1.19 bits per heavy atom. The topological polar surface area (TPSA) is 123 Å². The number of rotatable bonds is 6. The number of cyclic esters (lactones) is 1. The van der Waals surface area contributed by atoms with Crippen LogP contribution in [0.4, 0.5) is 5.69 Å². The Hall–Kier alpha value is -3.82. The Morgan fingerprint density at radius 3 is 2.72 bits per heavy atom. The summed E-state index contributed by atoms with van der Waals surface area (Å²) in [4.78, 5) is 23.7. The Balaban J connectivity index is 0.00000148. The van der Waals surface area contributed by atoms with Crippen LogP contribution in [-0.4, -0.2) is 40.3 Å². The third-order valence-corrected chi connectivity index (χ3v) is 6.60. The maximum atomic E-state index is 11.8. The summed E-state index contributed by atoms with van der Waals surface area (Å²) < 4.78 is 5.18. The number of benzene rings is 2. The van der Waals surface area contributed by atoms with Crippen LogP contribution >= 0.6 is 0 Å². The third kappa shape index (κ3) is 5.22. The summed E-state index contributed by atoms with van der Waals surface area (Å²) in [5, 5.41) is 4.78. The molecule has 0 unspecified atom stereocenters. The molecular weight excluding hydrogens is 454 g/mol. The van der Waals surface area contributed by atoms with Crippen molar-refractivity contribution in [3.05, 3.63) is 76.1 Å². The van der Waals surface area contributed by atoms with E-state index in [1.54, 1.807) is 0 Å². The van der Waals surface area contributed by atoms with Gasteiger partial charge in [-0.2, -0.15) is 5.10 Å². The number of hydrazone groups is 1. The zero-order valence-corrected chi connectivity index (χ0v) is 21.1. The largest absolute Gasteiger partial charge is 0.457 e. The molecular formula is C27H33N7O2. The minimum absolute atomic E-state index is 0.213. The highest BCUT2D eigenvalue weighted by Gasteiger charge is 2.24. The number of aromatic nitrogens is 2. The number of nitrogens with two attached hydrogens (primary N) is 2. The van der Waals surface area contributed by atoms with Gasteiger partial charge in [0.05, 0.1) is 16.9 Å². The first-order valence-corrected chi connectivity index (χ1v) is 12.3. The van der Waals surface area contributed by atoms with Gasteiger partial charge < -0.3 is 10.6 Å². The predicted molar refractivity (Wildman–Crippen MR) is 141 cm³/mol. The number of hydrazine groups is 1. The summed E-state index contributed by atoms with van der Waals surface area (Å²) in [6.07, 6.45) is 5.10. The van der Waals surface area contributed by atoms with Gasteiger partial charge in [-0.25, -0.2) is 20.6 Å². The normalized spacial score (nSPS) is 14.6. The average molecular weight is 488 g/mol. The zero-order valence-electron chi connectivity index (χ0n) is 21.1. The molecule has 0 spiro atoms. The number of carbonyl (C=O) groups excluding carboxylic acids is 1. The van der Waals surface area contributed by atoms with Crippen LogP contribution in [0.5, 0.6) is 0 Å². The molecule has 2 aliphatic rings. The van der Waals surface area contributed by atoms with Gasteiger partial charge in [-0.3, -0.25) is 9.91 Å². The molecule has 0 saturated heterocycles. The molecule has 9 nitrogen and oxygen atoms in total. The standard InChI is InChI=1S/C25H27N7O2.C2H6/c1-16-17(4-7-21-22(16)14-34-25(21)33)8-10-31-11-9-23-19(13-31)12-28-24(30-23)18-2-5-20(6-3-18)32(27)15-29-26;1-2/h2-7,12,15H,8-11,13-14,26-27H2,1H3;1-2H3/b29-15-;. The molecule has 0 fully saturated rings. The van der Waals surface area contributed by atoms with Crippen LogP contribution in [0.15, 0.2) is 47.7 Å². The summed E-state index contributed by atoms with van der Waals surface area (Å²) in [7, 11) is 0. The molecule has 2 aromatic carbocycles. The number of carbonyl (C=O) groups is 1. The lowest BCUT2D eigenvalue weighted by Gasteiger charge is -2.28. The molecule has 0 saturated carbocycles. The summed E-state index contributed by atoms with van der Waals surface area (Å²) in [6.45, 7) is 9.20. The summed E-state index contributed by atoms with van der Waals surface area (Å²) >= 11 is 0. The highest BCUT2D eigenvalue weighted by molar-refractivity contribution is 5.93. The minimum Gasteiger partial charge on any atom is -0.457 e. The summed E-state index contributed by atoms with van der Waals surface area (Å²) in [5.74, 6) is 11.5. The van der Waals surface area contributed by atoms with Crippen LogP contribution in [0.25, 0.3) is 11.4 Å². The number of hydrogen-bond acceptors (Lipinski definition) is 8. The highest BCUT2D eigenvalue weighted by atomic mass is 16.5. The number of esters is 1. The van der Waals surface area contributed by atoms with E-state index in [-0.39, 0.29) is 5.97 Å². The van der Waals surface area contributed by atoms with E-state index in [0.29, 0.717) is 18.0 Å². The van der Waals surface area contributed by atoms with E-state index in [9.17, 15) is 4.79 Å². The number of hydrogen-bond donors (Lipinski definition) is 2. The lowest BCUT2D eigenvalue weighted by atomic mass is 9.96. The van der Waals surface area contributed by atoms with Crippen LogP contribution < -0.4 is 16.7 Å². The fourth-order valence-electron chi connectivity index (χ4n) is 4.57. The zero-order chi connectivity index (χ0) is 25.7. The fraction of sp³-hybridized carbons (Fsp3) is 0.333. The number of ether oxygens (including phenoxy) is 1. The number of anilines is 1. The van der Waals surface area contributed by atoms with Crippen LogP contribution in [-0.2, 0) is 30.7 Å². The molecule has 3 heterocycles. The average Bonchev–Trinajstić information content (AvgIpc) is 3.30. The van der Waals surface area contributed by atoms with Gasteiger partial charge in [0, 0.05) is 48.9 Å². The van der Waals surface area contributed by atoms with Crippen LogP contribution in [0.1, 0.15) is 52.2 Å². The molecule has 36 heavy (non-hydrogen) atoms. The molecule has 0 bridgehead atoms. The summed E-state index contributed by atoms with van der Waals surface area (Å²) in [6, 6.07) is 11.6. The second kappa shape index (κ2) is 11.3. The first-order valence-electron chi connectivity index (χ1n) is 12.3. The van der Waals surface area contributed by atoms with E-state index >= 15 is 0 Å². The van der Waals surface area contributed by atoms with Crippen molar-refractivity contribution in [1.29, 1.82) is 0 Å². The minimum atomic E-state index is -0.213. The van der Waals surface area contributed by atoms with Crippen LogP contribution in [0.3, 0.4) is 0 Å². The molecule has 0 aliphatic carbocycles. The van der Waals surface area contributed by atoms with E-state index < -0.39 is 0 Å². The third-order valence-electron chi connectivity index (χ3n) is 6.60. The Morgan fingerprint density at radius 2 is 1.97 bits per heavy atom. The van der Waals surface area contributed by atoms with E-state index in [0.717, 1.165) is 55.0 Å². The molecule has 1 aromatic heterocycles. The van der Waals surface area contributed by atoms with E-state index in [2.05, 4.69) is 28.0 Å². The molecule has 0 atom stereocenters. The van der Waals surface area contributed by atoms with Crippen molar-refractivity contribution in [2.24, 2.45) is 16.8 Å². The van der Waals surface area contributed by atoms with Crippen molar-refractivity contribution >= 4 is 18.0 Å². The van der Waals surface area contributed by atoms with Gasteiger partial charge in [-0.05, 0) is 54.8 Å². The Labute approximate surface area is 211 Å². The van der Waals surface area contributed by atoms with Crippen molar-refractivity contribution in [2.75, 3.05) is 18.1 Å². The van der Waals surface area contributed by atoms with Crippen molar-refractivity contribution in [2.45, 2.75) is 46.8 Å². The molecule has 4 N–H and O–H groups in total. The van der Waals surface area contributed by atoms with E-state index in [4.69, 9.17) is 21.4 Å². The van der Waals surface area contributed by atoms with Gasteiger partial charge in [-0.15, -0.1) is 0 Å². The SMILES string of the molecule is CC.Cc1c(CCN2CCc3nc(-c4ccc(N(N)/C=N\N)cc4)ncc3C2)ccc2c1COC2=O. The van der Waals surface area contributed by atoms with Crippen molar-refractivity contribution in [3.8, 4) is 11.4 Å².